The number of hydrogen-bond donors (Lipinski definition) is 0. The maximum atomic E-state index is 11.5. The summed E-state index contributed by atoms with van der Waals surface area (Å²) in [7, 11) is 4.24. The van der Waals surface area contributed by atoms with E-state index in [4.69, 9.17) is 0 Å². The molecule has 15 heavy (non-hydrogen) atoms. The van der Waals surface area contributed by atoms with Gasteiger partial charge in [0.25, 0.3) is 0 Å². The summed E-state index contributed by atoms with van der Waals surface area (Å²) in [5.41, 5.74) is 0. The topological polar surface area (TPSA) is 23.6 Å². The van der Waals surface area contributed by atoms with Gasteiger partial charge in [-0.05, 0) is 33.9 Å². The van der Waals surface area contributed by atoms with E-state index < -0.39 is 0 Å². The number of nitrogens with zero attached hydrogens (tertiary/aromatic N) is 2. The van der Waals surface area contributed by atoms with Crippen molar-refractivity contribution < 1.29 is 4.79 Å². The number of fused-ring (bicyclic) bond motifs is 2. The van der Waals surface area contributed by atoms with Crippen LogP contribution in [0.3, 0.4) is 0 Å². The first-order valence-corrected chi connectivity index (χ1v) is 6.02. The van der Waals surface area contributed by atoms with Crippen LogP contribution in [0.5, 0.6) is 0 Å². The van der Waals surface area contributed by atoms with Crippen molar-refractivity contribution >= 4 is 5.78 Å². The maximum absolute atomic E-state index is 11.5. The lowest BCUT2D eigenvalue weighted by molar-refractivity contribution is -0.124. The average molecular weight is 210 g/mol. The van der Waals surface area contributed by atoms with Gasteiger partial charge in [0, 0.05) is 37.5 Å². The van der Waals surface area contributed by atoms with Crippen LogP contribution in [0.25, 0.3) is 0 Å². The second-order valence-corrected chi connectivity index (χ2v) is 5.39. The largest absolute Gasteiger partial charge is 0.308 e. The van der Waals surface area contributed by atoms with Gasteiger partial charge in [-0.3, -0.25) is 9.69 Å². The number of rotatable bonds is 3. The fourth-order valence-corrected chi connectivity index (χ4v) is 3.35. The summed E-state index contributed by atoms with van der Waals surface area (Å²) in [6, 6.07) is 1.68. The molecule has 2 bridgehead atoms. The highest BCUT2D eigenvalue weighted by Crippen LogP contribution is 2.35. The molecule has 0 aromatic rings. The molecule has 0 aliphatic carbocycles. The van der Waals surface area contributed by atoms with Crippen LogP contribution in [-0.2, 0) is 4.79 Å². The van der Waals surface area contributed by atoms with Gasteiger partial charge in [-0.2, -0.15) is 0 Å². The summed E-state index contributed by atoms with van der Waals surface area (Å²) in [6.45, 7) is 3.39. The lowest BCUT2D eigenvalue weighted by Crippen LogP contribution is -2.50. The number of Topliss-reactive ketones (excluding diaryl/α,β-unsaturated/α-hetero) is 1. The Bertz CT molecular complexity index is 236. The molecule has 0 aromatic heterocycles. The third-order valence-electron chi connectivity index (χ3n) is 3.74. The van der Waals surface area contributed by atoms with Gasteiger partial charge in [0.15, 0.2) is 0 Å². The first kappa shape index (κ1) is 11.1. The van der Waals surface area contributed by atoms with Gasteiger partial charge in [-0.15, -0.1) is 0 Å². The Morgan fingerprint density at radius 2 is 1.87 bits per heavy atom. The van der Waals surface area contributed by atoms with Crippen LogP contribution in [0.2, 0.25) is 0 Å². The molecule has 3 nitrogen and oxygen atoms in total. The summed E-state index contributed by atoms with van der Waals surface area (Å²) in [5, 5.41) is 0. The van der Waals surface area contributed by atoms with Gasteiger partial charge < -0.3 is 4.90 Å². The molecule has 3 heteroatoms. The van der Waals surface area contributed by atoms with E-state index in [0.29, 0.717) is 23.9 Å². The van der Waals surface area contributed by atoms with Gasteiger partial charge >= 0.3 is 0 Å². The molecule has 86 valence electrons. The number of ketones is 1. The van der Waals surface area contributed by atoms with E-state index in [1.165, 1.54) is 12.8 Å². The van der Waals surface area contributed by atoms with Crippen molar-refractivity contribution in [3.8, 4) is 0 Å². The van der Waals surface area contributed by atoms with Gasteiger partial charge in [0.05, 0.1) is 0 Å². The zero-order valence-electron chi connectivity index (χ0n) is 10.1. The van der Waals surface area contributed by atoms with Crippen LogP contribution in [0.4, 0.5) is 0 Å². The summed E-state index contributed by atoms with van der Waals surface area (Å²) in [6.07, 6.45) is 4.06. The van der Waals surface area contributed by atoms with Crippen molar-refractivity contribution in [2.45, 2.75) is 50.7 Å². The Labute approximate surface area is 92.4 Å². The number of carbonyl (C=O) groups is 1. The second kappa shape index (κ2) is 4.22. The summed E-state index contributed by atoms with van der Waals surface area (Å²) >= 11 is 0. The van der Waals surface area contributed by atoms with Crippen molar-refractivity contribution in [1.29, 1.82) is 0 Å². The standard InChI is InChI=1S/C12H22N2O/c1-9(8-13(2)3)14-10-4-5-11(14)7-12(15)6-10/h9-11H,4-8H2,1-3H3. The van der Waals surface area contributed by atoms with Gasteiger partial charge in [0.2, 0.25) is 0 Å². The van der Waals surface area contributed by atoms with E-state index in [0.717, 1.165) is 19.4 Å². The predicted octanol–water partition coefficient (Wildman–Crippen LogP) is 1.13. The zero-order valence-corrected chi connectivity index (χ0v) is 10.1. The van der Waals surface area contributed by atoms with Crippen molar-refractivity contribution in [3.63, 3.8) is 0 Å². The number of hydrogen-bond acceptors (Lipinski definition) is 3. The van der Waals surface area contributed by atoms with Crippen LogP contribution in [0, 0.1) is 0 Å². The molecule has 3 atom stereocenters. The van der Waals surface area contributed by atoms with Crippen LogP contribution in [0.1, 0.15) is 32.6 Å². The fourth-order valence-electron chi connectivity index (χ4n) is 3.35. The van der Waals surface area contributed by atoms with Crippen molar-refractivity contribution in [2.24, 2.45) is 0 Å². The lowest BCUT2D eigenvalue weighted by Gasteiger charge is -2.39. The molecule has 0 radical (unpaired) electrons. The van der Waals surface area contributed by atoms with Crippen molar-refractivity contribution in [3.05, 3.63) is 0 Å². The maximum Gasteiger partial charge on any atom is 0.136 e. The molecular formula is C12H22N2O. The molecule has 2 fully saturated rings. The smallest absolute Gasteiger partial charge is 0.136 e. The minimum absolute atomic E-state index is 0.482. The molecule has 0 amide bonds. The molecule has 2 heterocycles. The van der Waals surface area contributed by atoms with Crippen molar-refractivity contribution in [1.82, 2.24) is 9.80 Å². The molecular weight excluding hydrogens is 188 g/mol. The van der Waals surface area contributed by atoms with E-state index >= 15 is 0 Å². The third-order valence-corrected chi connectivity index (χ3v) is 3.74. The van der Waals surface area contributed by atoms with Crippen LogP contribution in [0.15, 0.2) is 0 Å². The van der Waals surface area contributed by atoms with E-state index in [2.05, 4.69) is 30.8 Å². The average Bonchev–Trinajstić information content (AvgIpc) is 2.38. The Hall–Kier alpha value is -0.410. The van der Waals surface area contributed by atoms with Gasteiger partial charge in [-0.1, -0.05) is 0 Å². The van der Waals surface area contributed by atoms with E-state index in [1.807, 2.05) is 0 Å². The highest BCUT2D eigenvalue weighted by atomic mass is 16.1. The molecule has 2 saturated heterocycles. The van der Waals surface area contributed by atoms with E-state index in [-0.39, 0.29) is 0 Å². The SMILES string of the molecule is CC(CN(C)C)N1C2CCC1CC(=O)C2. The first-order valence-electron chi connectivity index (χ1n) is 6.02. The zero-order chi connectivity index (χ0) is 11.0. The number of likely N-dealkylation sites (N-methyl/N-ethyl adjacent to an activating group) is 1. The Morgan fingerprint density at radius 3 is 2.33 bits per heavy atom. The second-order valence-electron chi connectivity index (χ2n) is 5.39. The fraction of sp³-hybridized carbons (Fsp3) is 0.917. The minimum Gasteiger partial charge on any atom is -0.308 e. The Morgan fingerprint density at radius 1 is 1.33 bits per heavy atom. The van der Waals surface area contributed by atoms with E-state index in [9.17, 15) is 4.79 Å². The number of piperidine rings is 1. The predicted molar refractivity (Wildman–Crippen MR) is 60.9 cm³/mol. The molecule has 2 aliphatic heterocycles. The summed E-state index contributed by atoms with van der Waals surface area (Å²) < 4.78 is 0. The molecule has 3 unspecified atom stereocenters. The Kier molecular flexibility index (Phi) is 3.12. The quantitative estimate of drug-likeness (QED) is 0.698. The first-order chi connectivity index (χ1) is 7.08. The van der Waals surface area contributed by atoms with Crippen LogP contribution in [-0.4, -0.2) is 54.3 Å². The molecule has 0 aromatic carbocycles. The lowest BCUT2D eigenvalue weighted by atomic mass is 9.99. The van der Waals surface area contributed by atoms with Gasteiger partial charge in [-0.25, -0.2) is 0 Å². The molecule has 0 saturated carbocycles. The molecule has 0 spiro atoms. The van der Waals surface area contributed by atoms with Gasteiger partial charge in [0.1, 0.15) is 5.78 Å². The molecule has 2 aliphatic rings. The normalized spacial score (nSPS) is 33.7. The minimum atomic E-state index is 0.482. The number of carbonyl (C=O) groups excluding carboxylic acids is 1. The monoisotopic (exact) mass is 210 g/mol. The van der Waals surface area contributed by atoms with Crippen LogP contribution < -0.4 is 0 Å². The summed E-state index contributed by atoms with van der Waals surface area (Å²) in [5.74, 6) is 0.482. The molecule has 2 rings (SSSR count). The van der Waals surface area contributed by atoms with E-state index in [1.54, 1.807) is 0 Å². The molecule has 0 N–H and O–H groups in total. The highest BCUT2D eigenvalue weighted by Gasteiger charge is 2.42. The summed E-state index contributed by atoms with van der Waals surface area (Å²) in [4.78, 5) is 16.3. The highest BCUT2D eigenvalue weighted by molar-refractivity contribution is 5.81. The van der Waals surface area contributed by atoms with Crippen molar-refractivity contribution in [2.75, 3.05) is 20.6 Å². The Balaban J connectivity index is 2.01. The third kappa shape index (κ3) is 2.23. The van der Waals surface area contributed by atoms with Crippen LogP contribution >= 0.6 is 0 Å².